The molecule has 7 nitrogen and oxygen atoms in total. The number of hydrogen-bond donors (Lipinski definition) is 1. The largest absolute Gasteiger partial charge is 0.490 e. The molecular formula is C22H24F3N3O4. The van der Waals surface area contributed by atoms with E-state index in [2.05, 4.69) is 9.88 Å². The number of para-hydroxylation sites is 1. The van der Waals surface area contributed by atoms with Gasteiger partial charge in [0.15, 0.2) is 0 Å². The first-order valence-corrected chi connectivity index (χ1v) is 10.2. The number of piperidine rings is 1. The molecule has 2 aliphatic rings. The fraction of sp³-hybridized carbons (Fsp3) is 0.409. The van der Waals surface area contributed by atoms with E-state index >= 15 is 0 Å². The average molecular weight is 451 g/mol. The highest BCUT2D eigenvalue weighted by Gasteiger charge is 2.40. The van der Waals surface area contributed by atoms with E-state index in [1.54, 1.807) is 0 Å². The number of benzene rings is 1. The topological polar surface area (TPSA) is 83.0 Å². The van der Waals surface area contributed by atoms with Crippen LogP contribution in [0.4, 0.5) is 18.9 Å². The summed E-state index contributed by atoms with van der Waals surface area (Å²) in [6.45, 7) is 3.70. The van der Waals surface area contributed by atoms with Crippen LogP contribution < -0.4 is 4.90 Å². The summed E-state index contributed by atoms with van der Waals surface area (Å²) in [4.78, 5) is 30.6. The molecule has 0 bridgehead atoms. The van der Waals surface area contributed by atoms with Crippen LogP contribution in [0.1, 0.15) is 12.1 Å². The van der Waals surface area contributed by atoms with Gasteiger partial charge in [0.2, 0.25) is 5.91 Å². The van der Waals surface area contributed by atoms with Gasteiger partial charge in [-0.15, -0.1) is 0 Å². The van der Waals surface area contributed by atoms with Crippen molar-refractivity contribution in [3.63, 3.8) is 0 Å². The molecule has 172 valence electrons. The van der Waals surface area contributed by atoms with Crippen LogP contribution in [-0.4, -0.2) is 65.4 Å². The van der Waals surface area contributed by atoms with Gasteiger partial charge in [-0.05, 0) is 37.2 Å². The summed E-state index contributed by atoms with van der Waals surface area (Å²) in [5.41, 5.74) is 2.03. The lowest BCUT2D eigenvalue weighted by atomic mass is 9.92. The summed E-state index contributed by atoms with van der Waals surface area (Å²) < 4.78 is 37.8. The minimum Gasteiger partial charge on any atom is -0.475 e. The number of nitrogens with zero attached hydrogens (tertiary/aromatic N) is 3. The number of carbonyl (C=O) groups is 2. The first-order valence-electron chi connectivity index (χ1n) is 10.2. The summed E-state index contributed by atoms with van der Waals surface area (Å²) in [5, 5.41) is 7.12. The Bertz CT molecular complexity index is 896. The molecule has 1 aromatic heterocycles. The van der Waals surface area contributed by atoms with E-state index in [9.17, 15) is 18.0 Å². The Morgan fingerprint density at radius 2 is 1.81 bits per heavy atom. The predicted molar refractivity (Wildman–Crippen MR) is 110 cm³/mol. The van der Waals surface area contributed by atoms with E-state index in [0.29, 0.717) is 13.2 Å². The lowest BCUT2D eigenvalue weighted by molar-refractivity contribution is -0.192. The molecule has 2 aromatic rings. The first-order chi connectivity index (χ1) is 15.3. The Labute approximate surface area is 183 Å². The van der Waals surface area contributed by atoms with Gasteiger partial charge in [0, 0.05) is 31.5 Å². The van der Waals surface area contributed by atoms with Crippen LogP contribution in [0.15, 0.2) is 54.7 Å². The van der Waals surface area contributed by atoms with Gasteiger partial charge in [-0.2, -0.15) is 13.2 Å². The van der Waals surface area contributed by atoms with Gasteiger partial charge in [-0.25, -0.2) is 4.79 Å². The standard InChI is InChI=1S/C20H23N3O2.C2HF3O2/c24-20-18-9-11-22(14-16-6-4-5-10-21-16)15-19(18)25-13-12-23(20)17-7-2-1-3-8-17;3-2(4,5)1(6)7/h1-8,10,18-19H,9,11-15H2;(H,6,7)/t18-,19+;/m1./s1. The van der Waals surface area contributed by atoms with E-state index in [0.717, 1.165) is 37.4 Å². The Morgan fingerprint density at radius 1 is 1.12 bits per heavy atom. The van der Waals surface area contributed by atoms with E-state index in [1.165, 1.54) is 0 Å². The van der Waals surface area contributed by atoms with Gasteiger partial charge >= 0.3 is 12.1 Å². The van der Waals surface area contributed by atoms with Crippen molar-refractivity contribution in [2.45, 2.75) is 25.2 Å². The summed E-state index contributed by atoms with van der Waals surface area (Å²) in [6, 6.07) is 15.9. The lowest BCUT2D eigenvalue weighted by Crippen LogP contribution is -2.49. The molecule has 3 heterocycles. The quantitative estimate of drug-likeness (QED) is 0.773. The number of hydrogen-bond acceptors (Lipinski definition) is 5. The van der Waals surface area contributed by atoms with Crippen molar-refractivity contribution in [2.75, 3.05) is 31.1 Å². The molecule has 10 heteroatoms. The number of alkyl halides is 3. The van der Waals surface area contributed by atoms with E-state index in [-0.39, 0.29) is 17.9 Å². The molecule has 2 saturated heterocycles. The predicted octanol–water partition coefficient (Wildman–Crippen LogP) is 2.97. The highest BCUT2D eigenvalue weighted by molar-refractivity contribution is 5.95. The van der Waals surface area contributed by atoms with Gasteiger partial charge in [0.1, 0.15) is 0 Å². The van der Waals surface area contributed by atoms with Crippen LogP contribution in [0.2, 0.25) is 0 Å². The number of carboxylic acid groups (broad SMARTS) is 1. The second kappa shape index (κ2) is 10.6. The summed E-state index contributed by atoms with van der Waals surface area (Å²) in [7, 11) is 0. The Hall–Kier alpha value is -2.98. The van der Waals surface area contributed by atoms with Gasteiger partial charge in [0.25, 0.3) is 0 Å². The molecule has 32 heavy (non-hydrogen) atoms. The second-order valence-electron chi connectivity index (χ2n) is 7.49. The zero-order valence-corrected chi connectivity index (χ0v) is 17.2. The van der Waals surface area contributed by atoms with E-state index in [4.69, 9.17) is 14.6 Å². The number of anilines is 1. The molecule has 2 fully saturated rings. The number of halogens is 3. The number of amides is 1. The number of likely N-dealkylation sites (tertiary alicyclic amines) is 1. The van der Waals surface area contributed by atoms with Crippen molar-refractivity contribution in [2.24, 2.45) is 5.92 Å². The fourth-order valence-electron chi connectivity index (χ4n) is 3.77. The molecule has 0 aliphatic carbocycles. The molecule has 0 saturated carbocycles. The molecular weight excluding hydrogens is 427 g/mol. The van der Waals surface area contributed by atoms with Crippen molar-refractivity contribution in [3.05, 3.63) is 60.4 Å². The maximum absolute atomic E-state index is 13.1. The third-order valence-corrected chi connectivity index (χ3v) is 5.30. The number of pyridine rings is 1. The van der Waals surface area contributed by atoms with Crippen LogP contribution in [0.5, 0.6) is 0 Å². The number of carboxylic acids is 1. The van der Waals surface area contributed by atoms with Crippen LogP contribution in [0, 0.1) is 5.92 Å². The number of aromatic nitrogens is 1. The maximum Gasteiger partial charge on any atom is 0.490 e. The van der Waals surface area contributed by atoms with Crippen molar-refractivity contribution in [1.82, 2.24) is 9.88 Å². The third kappa shape index (κ3) is 6.27. The lowest BCUT2D eigenvalue weighted by Gasteiger charge is -2.37. The zero-order chi connectivity index (χ0) is 23.1. The van der Waals surface area contributed by atoms with Crippen molar-refractivity contribution in [1.29, 1.82) is 0 Å². The Morgan fingerprint density at radius 3 is 2.44 bits per heavy atom. The summed E-state index contributed by atoms with van der Waals surface area (Å²) in [6.07, 6.45) is -2.45. The first kappa shape index (κ1) is 23.7. The minimum absolute atomic E-state index is 0.0290. The van der Waals surface area contributed by atoms with Gasteiger partial charge < -0.3 is 14.7 Å². The minimum atomic E-state index is -5.08. The SMILES string of the molecule is O=C(O)C(F)(F)F.O=C1[C@@H]2CCN(Cc3ccccn3)C[C@@H]2OCCN1c1ccccc1. The monoisotopic (exact) mass is 451 g/mol. The third-order valence-electron chi connectivity index (χ3n) is 5.30. The van der Waals surface area contributed by atoms with Crippen LogP contribution in [-0.2, 0) is 20.9 Å². The van der Waals surface area contributed by atoms with Crippen LogP contribution >= 0.6 is 0 Å². The molecule has 4 rings (SSSR count). The Balaban J connectivity index is 0.000000360. The maximum atomic E-state index is 13.1. The molecule has 2 atom stereocenters. The molecule has 2 aliphatic heterocycles. The van der Waals surface area contributed by atoms with Crippen LogP contribution in [0.3, 0.4) is 0 Å². The van der Waals surface area contributed by atoms with E-state index < -0.39 is 12.1 Å². The zero-order valence-electron chi connectivity index (χ0n) is 17.2. The summed E-state index contributed by atoms with van der Waals surface area (Å²) >= 11 is 0. The fourth-order valence-corrected chi connectivity index (χ4v) is 3.77. The van der Waals surface area contributed by atoms with Gasteiger partial charge in [-0.3, -0.25) is 14.7 Å². The van der Waals surface area contributed by atoms with Gasteiger partial charge in [-0.1, -0.05) is 24.3 Å². The van der Waals surface area contributed by atoms with Gasteiger partial charge in [0.05, 0.1) is 24.3 Å². The normalized spacial score (nSPS) is 21.7. The molecule has 1 aromatic carbocycles. The number of ether oxygens (including phenoxy) is 1. The molecule has 1 amide bonds. The van der Waals surface area contributed by atoms with E-state index in [1.807, 2.05) is 59.6 Å². The number of carbonyl (C=O) groups excluding carboxylic acids is 1. The summed E-state index contributed by atoms with van der Waals surface area (Å²) in [5.74, 6) is -2.61. The highest BCUT2D eigenvalue weighted by atomic mass is 19.4. The van der Waals surface area contributed by atoms with Crippen molar-refractivity contribution < 1.29 is 32.6 Å². The van der Waals surface area contributed by atoms with Crippen LogP contribution in [0.25, 0.3) is 0 Å². The number of aliphatic carboxylic acids is 1. The molecule has 0 radical (unpaired) electrons. The van der Waals surface area contributed by atoms with Crippen molar-refractivity contribution >= 4 is 17.6 Å². The Kier molecular flexibility index (Phi) is 7.81. The molecule has 0 unspecified atom stereocenters. The molecule has 0 spiro atoms. The number of fused-ring (bicyclic) bond motifs is 1. The number of rotatable bonds is 3. The average Bonchev–Trinajstić information content (AvgIpc) is 2.93. The second-order valence-corrected chi connectivity index (χ2v) is 7.49. The van der Waals surface area contributed by atoms with Crippen molar-refractivity contribution in [3.8, 4) is 0 Å². The highest BCUT2D eigenvalue weighted by Crippen LogP contribution is 2.28. The molecule has 1 N–H and O–H groups in total. The smallest absolute Gasteiger partial charge is 0.475 e.